The van der Waals surface area contributed by atoms with Gasteiger partial charge in [-0.05, 0) is 55.0 Å². The number of aromatic nitrogens is 1. The Hall–Kier alpha value is -2.65. The first-order valence-electron chi connectivity index (χ1n) is 11.8. The van der Waals surface area contributed by atoms with Gasteiger partial charge in [-0.15, -0.1) is 11.3 Å². The number of fused-ring (bicyclic) bond motifs is 1. The number of halogens is 1. The molecule has 2 fully saturated rings. The fourth-order valence-electron chi connectivity index (χ4n) is 5.01. The van der Waals surface area contributed by atoms with Crippen LogP contribution in [0, 0.1) is 0 Å². The molecule has 7 nitrogen and oxygen atoms in total. The summed E-state index contributed by atoms with van der Waals surface area (Å²) in [6.45, 7) is 1.63. The normalized spacial score (nSPS) is 21.1. The number of β-amino-alcohol motifs (C(OH)–C–C–N with tert-alkyl or cyclic N) is 1. The van der Waals surface area contributed by atoms with Gasteiger partial charge in [0.1, 0.15) is 0 Å². The molecule has 3 aliphatic rings. The van der Waals surface area contributed by atoms with Crippen molar-refractivity contribution >= 4 is 34.0 Å². The van der Waals surface area contributed by atoms with Crippen LogP contribution in [0.3, 0.4) is 0 Å². The zero-order valence-corrected chi connectivity index (χ0v) is 20.6. The van der Waals surface area contributed by atoms with Crippen molar-refractivity contribution in [2.75, 3.05) is 25.2 Å². The number of anilines is 1. The Morgan fingerprint density at radius 3 is 2.86 bits per heavy atom. The standard InChI is InChI=1S/C26H26ClN3O4S/c27-19-4-2-1-3-16(19)11-20(30-10-7-18(31)14-30)23-13-28-25(35-23)29-24(32)26(8-9-26)17-5-6-21-22(12-17)34-15-33-21/h1-6,12-13,18,20,31H,7-11,14-15H2,(H,28,29,32)/t18-,20?/m1/s1. The quantitative estimate of drug-likeness (QED) is 0.484. The molecule has 2 aliphatic heterocycles. The number of aliphatic hydroxyl groups is 1. The van der Waals surface area contributed by atoms with Crippen LogP contribution in [0.5, 0.6) is 11.5 Å². The van der Waals surface area contributed by atoms with Gasteiger partial charge >= 0.3 is 0 Å². The number of rotatable bonds is 7. The third-order valence-corrected chi connectivity index (χ3v) is 8.57. The average Bonchev–Trinajstić information content (AvgIpc) is 3.15. The zero-order valence-electron chi connectivity index (χ0n) is 19.1. The fraction of sp³-hybridized carbons (Fsp3) is 0.385. The Labute approximate surface area is 212 Å². The second-order valence-electron chi connectivity index (χ2n) is 9.42. The van der Waals surface area contributed by atoms with E-state index in [-0.39, 0.29) is 24.8 Å². The van der Waals surface area contributed by atoms with Crippen molar-refractivity contribution in [1.29, 1.82) is 0 Å². The first kappa shape index (κ1) is 22.8. The summed E-state index contributed by atoms with van der Waals surface area (Å²) in [5.41, 5.74) is 1.45. The number of benzene rings is 2. The number of amides is 1. The van der Waals surface area contributed by atoms with E-state index in [1.807, 2.05) is 48.7 Å². The maximum Gasteiger partial charge on any atom is 0.236 e. The van der Waals surface area contributed by atoms with E-state index in [1.165, 1.54) is 11.3 Å². The minimum atomic E-state index is -0.553. The van der Waals surface area contributed by atoms with Crippen LogP contribution in [0.1, 0.15) is 41.3 Å². The highest BCUT2D eigenvalue weighted by atomic mass is 35.5. The van der Waals surface area contributed by atoms with Crippen molar-refractivity contribution < 1.29 is 19.4 Å². The van der Waals surface area contributed by atoms with Crippen LogP contribution in [0.15, 0.2) is 48.7 Å². The van der Waals surface area contributed by atoms with Crippen molar-refractivity contribution in [3.05, 3.63) is 69.7 Å². The van der Waals surface area contributed by atoms with Gasteiger partial charge < -0.3 is 19.9 Å². The molecule has 1 amide bonds. The number of carbonyl (C=O) groups excluding carboxylic acids is 1. The molecule has 1 aromatic heterocycles. The first-order chi connectivity index (χ1) is 17.0. The number of ether oxygens (including phenoxy) is 2. The number of nitrogens with one attached hydrogen (secondary N) is 1. The summed E-state index contributed by atoms with van der Waals surface area (Å²) in [7, 11) is 0. The highest BCUT2D eigenvalue weighted by molar-refractivity contribution is 7.15. The van der Waals surface area contributed by atoms with E-state index in [1.54, 1.807) is 0 Å². The molecule has 6 rings (SSSR count). The molecule has 0 bridgehead atoms. The number of thiazole rings is 1. The van der Waals surface area contributed by atoms with Gasteiger partial charge in [0.2, 0.25) is 12.7 Å². The lowest BCUT2D eigenvalue weighted by Gasteiger charge is -2.27. The van der Waals surface area contributed by atoms with Crippen molar-refractivity contribution in [2.24, 2.45) is 0 Å². The molecule has 2 aromatic carbocycles. The molecule has 3 heterocycles. The maximum atomic E-state index is 13.3. The molecular formula is C26H26ClN3O4S. The summed E-state index contributed by atoms with van der Waals surface area (Å²) in [4.78, 5) is 21.2. The molecule has 182 valence electrons. The van der Waals surface area contributed by atoms with Gasteiger partial charge in [-0.3, -0.25) is 9.69 Å². The monoisotopic (exact) mass is 511 g/mol. The predicted molar refractivity (Wildman–Crippen MR) is 134 cm³/mol. The summed E-state index contributed by atoms with van der Waals surface area (Å²) >= 11 is 7.95. The zero-order chi connectivity index (χ0) is 24.0. The van der Waals surface area contributed by atoms with E-state index < -0.39 is 5.41 Å². The third-order valence-electron chi connectivity index (χ3n) is 7.19. The second-order valence-corrected chi connectivity index (χ2v) is 10.9. The van der Waals surface area contributed by atoms with Gasteiger partial charge in [-0.25, -0.2) is 4.98 Å². The number of carbonyl (C=O) groups is 1. The lowest BCUT2D eigenvalue weighted by molar-refractivity contribution is -0.118. The van der Waals surface area contributed by atoms with Crippen molar-refractivity contribution in [3.63, 3.8) is 0 Å². The van der Waals surface area contributed by atoms with Gasteiger partial charge in [-0.2, -0.15) is 0 Å². The Balaban J connectivity index is 1.21. The van der Waals surface area contributed by atoms with E-state index >= 15 is 0 Å². The largest absolute Gasteiger partial charge is 0.454 e. The highest BCUT2D eigenvalue weighted by Gasteiger charge is 2.52. The smallest absolute Gasteiger partial charge is 0.236 e. The van der Waals surface area contributed by atoms with E-state index in [9.17, 15) is 9.90 Å². The third kappa shape index (κ3) is 4.40. The van der Waals surface area contributed by atoms with Crippen molar-refractivity contribution in [2.45, 2.75) is 43.2 Å². The van der Waals surface area contributed by atoms with Gasteiger partial charge in [0.05, 0.1) is 11.5 Å². The van der Waals surface area contributed by atoms with Crippen LogP contribution < -0.4 is 14.8 Å². The number of nitrogens with zero attached hydrogens (tertiary/aromatic N) is 2. The van der Waals surface area contributed by atoms with Crippen LogP contribution >= 0.6 is 22.9 Å². The molecule has 1 saturated heterocycles. The summed E-state index contributed by atoms with van der Waals surface area (Å²) < 4.78 is 10.9. The molecule has 9 heteroatoms. The van der Waals surface area contributed by atoms with Crippen LogP contribution in [0.4, 0.5) is 5.13 Å². The number of hydrogen-bond acceptors (Lipinski definition) is 7. The van der Waals surface area contributed by atoms with E-state index in [4.69, 9.17) is 21.1 Å². The molecule has 1 unspecified atom stereocenters. The molecule has 35 heavy (non-hydrogen) atoms. The number of aliphatic hydroxyl groups excluding tert-OH is 1. The Bertz CT molecular complexity index is 1260. The molecule has 0 radical (unpaired) electrons. The minimum absolute atomic E-state index is 0.0268. The topological polar surface area (TPSA) is 83.9 Å². The van der Waals surface area contributed by atoms with Gasteiger partial charge in [0.15, 0.2) is 16.6 Å². The minimum Gasteiger partial charge on any atom is -0.454 e. The van der Waals surface area contributed by atoms with E-state index in [0.29, 0.717) is 29.6 Å². The van der Waals surface area contributed by atoms with Crippen LogP contribution in [-0.2, 0) is 16.6 Å². The molecule has 0 spiro atoms. The SMILES string of the molecule is O=C(Nc1ncc(C(Cc2ccccc2Cl)N2CC[C@@H](O)C2)s1)C1(c2ccc3c(c2)OCO3)CC1. The second kappa shape index (κ2) is 9.09. The Morgan fingerprint density at radius 1 is 1.26 bits per heavy atom. The summed E-state index contributed by atoms with van der Waals surface area (Å²) in [5, 5.41) is 14.5. The highest BCUT2D eigenvalue weighted by Crippen LogP contribution is 2.51. The van der Waals surface area contributed by atoms with Gasteiger partial charge in [-0.1, -0.05) is 35.9 Å². The molecular weight excluding hydrogens is 486 g/mol. The van der Waals surface area contributed by atoms with Crippen LogP contribution in [0.2, 0.25) is 5.02 Å². The van der Waals surface area contributed by atoms with Crippen molar-refractivity contribution in [3.8, 4) is 11.5 Å². The van der Waals surface area contributed by atoms with Gasteiger partial charge in [0, 0.05) is 35.2 Å². The summed E-state index contributed by atoms with van der Waals surface area (Å²) in [6, 6.07) is 13.6. The molecule has 1 saturated carbocycles. The number of hydrogen-bond donors (Lipinski definition) is 2. The van der Waals surface area contributed by atoms with E-state index in [0.717, 1.165) is 46.8 Å². The fourth-order valence-corrected chi connectivity index (χ4v) is 6.17. The van der Waals surface area contributed by atoms with E-state index in [2.05, 4.69) is 15.2 Å². The summed E-state index contributed by atoms with van der Waals surface area (Å²) in [5.74, 6) is 1.36. The Kier molecular flexibility index (Phi) is 5.92. The molecule has 1 aliphatic carbocycles. The predicted octanol–water partition coefficient (Wildman–Crippen LogP) is 4.55. The average molecular weight is 512 g/mol. The lowest BCUT2D eigenvalue weighted by Crippen LogP contribution is -2.28. The Morgan fingerprint density at radius 2 is 2.09 bits per heavy atom. The molecule has 2 atom stereocenters. The molecule has 2 N–H and O–H groups in total. The maximum absolute atomic E-state index is 13.3. The molecule has 3 aromatic rings. The van der Waals surface area contributed by atoms with Gasteiger partial charge in [0.25, 0.3) is 0 Å². The van der Waals surface area contributed by atoms with Crippen LogP contribution in [0.25, 0.3) is 0 Å². The number of likely N-dealkylation sites (tertiary alicyclic amines) is 1. The van der Waals surface area contributed by atoms with Crippen LogP contribution in [-0.4, -0.2) is 46.9 Å². The summed E-state index contributed by atoms with van der Waals surface area (Å²) in [6.07, 6.45) is 4.55. The first-order valence-corrected chi connectivity index (χ1v) is 13.0. The van der Waals surface area contributed by atoms with Crippen molar-refractivity contribution in [1.82, 2.24) is 9.88 Å². The lowest BCUT2D eigenvalue weighted by atomic mass is 9.94.